The summed E-state index contributed by atoms with van der Waals surface area (Å²) >= 11 is 0.748. The van der Waals surface area contributed by atoms with Crippen LogP contribution in [0.3, 0.4) is 0 Å². The number of carboxylic acid groups (broad SMARTS) is 1. The van der Waals surface area contributed by atoms with E-state index in [0.29, 0.717) is 17.1 Å². The summed E-state index contributed by atoms with van der Waals surface area (Å²) in [6.45, 7) is 0.129. The molecule has 39 heavy (non-hydrogen) atoms. The maximum Gasteiger partial charge on any atom is 0.346 e. The number of carboxylic acids is 1. The van der Waals surface area contributed by atoms with Crippen LogP contribution in [0.15, 0.2) is 39.2 Å². The van der Waals surface area contributed by atoms with Gasteiger partial charge in [-0.05, 0) is 37.0 Å². The molecule has 2 N–H and O–H groups in total. The maximum atomic E-state index is 15.2. The first-order chi connectivity index (χ1) is 18.6. The SMILES string of the molecule is COc1cc(F)c(-n2c(=O)[nH]c3csc(C(=O)O)c3c2=O)cc1N(C)Cc1c(OCC2CC2)ccc(F)c1F. The Hall–Kier alpha value is -4.26. The molecule has 2 aromatic carbocycles. The van der Waals surface area contributed by atoms with Crippen LogP contribution in [0.2, 0.25) is 0 Å². The van der Waals surface area contributed by atoms with Crippen LogP contribution in [-0.2, 0) is 6.54 Å². The number of aromatic nitrogens is 2. The van der Waals surface area contributed by atoms with Crippen LogP contribution >= 0.6 is 11.3 Å². The molecule has 5 rings (SSSR count). The number of ether oxygens (including phenoxy) is 2. The lowest BCUT2D eigenvalue weighted by atomic mass is 10.1. The number of carbonyl (C=O) groups is 1. The normalized spacial score (nSPS) is 13.1. The molecular formula is C26H22F3N3O6S. The van der Waals surface area contributed by atoms with E-state index in [1.165, 1.54) is 30.5 Å². The number of H-pyrrole nitrogens is 1. The summed E-state index contributed by atoms with van der Waals surface area (Å²) in [6.07, 6.45) is 2.00. The smallest absolute Gasteiger partial charge is 0.346 e. The van der Waals surface area contributed by atoms with Crippen LogP contribution in [0.25, 0.3) is 16.6 Å². The van der Waals surface area contributed by atoms with Gasteiger partial charge in [0.05, 0.1) is 41.6 Å². The van der Waals surface area contributed by atoms with Crippen molar-refractivity contribution in [2.45, 2.75) is 19.4 Å². The van der Waals surface area contributed by atoms with E-state index in [1.807, 2.05) is 0 Å². The van der Waals surface area contributed by atoms with E-state index >= 15 is 4.39 Å². The van der Waals surface area contributed by atoms with E-state index < -0.39 is 40.4 Å². The highest BCUT2D eigenvalue weighted by Gasteiger charge is 2.26. The second-order valence-electron chi connectivity index (χ2n) is 9.15. The lowest BCUT2D eigenvalue weighted by molar-refractivity contribution is 0.0704. The number of hydrogen-bond acceptors (Lipinski definition) is 7. The van der Waals surface area contributed by atoms with Gasteiger partial charge in [-0.1, -0.05) is 0 Å². The molecule has 0 atom stereocenters. The zero-order chi connectivity index (χ0) is 28.0. The van der Waals surface area contributed by atoms with Crippen molar-refractivity contribution in [2.75, 3.05) is 25.7 Å². The molecule has 0 radical (unpaired) electrons. The minimum Gasteiger partial charge on any atom is -0.494 e. The third-order valence-corrected chi connectivity index (χ3v) is 7.44. The molecule has 13 heteroatoms. The zero-order valence-electron chi connectivity index (χ0n) is 20.7. The number of fused-ring (bicyclic) bond motifs is 1. The van der Waals surface area contributed by atoms with E-state index in [4.69, 9.17) is 9.47 Å². The highest BCUT2D eigenvalue weighted by molar-refractivity contribution is 7.13. The van der Waals surface area contributed by atoms with E-state index in [1.54, 1.807) is 0 Å². The van der Waals surface area contributed by atoms with E-state index in [-0.39, 0.29) is 45.1 Å². The number of thiophene rings is 1. The molecule has 4 aromatic rings. The van der Waals surface area contributed by atoms with Crippen molar-refractivity contribution in [3.63, 3.8) is 0 Å². The summed E-state index contributed by atoms with van der Waals surface area (Å²) < 4.78 is 55.8. The van der Waals surface area contributed by atoms with Crippen molar-refractivity contribution >= 4 is 33.9 Å². The highest BCUT2D eigenvalue weighted by atomic mass is 32.1. The number of rotatable bonds is 9. The molecule has 2 aromatic heterocycles. The molecular weight excluding hydrogens is 539 g/mol. The Morgan fingerprint density at radius 3 is 2.59 bits per heavy atom. The molecule has 0 spiro atoms. The summed E-state index contributed by atoms with van der Waals surface area (Å²) in [5.41, 5.74) is -2.44. The van der Waals surface area contributed by atoms with Crippen LogP contribution in [0.1, 0.15) is 28.1 Å². The molecule has 204 valence electrons. The van der Waals surface area contributed by atoms with Crippen molar-refractivity contribution in [3.8, 4) is 17.2 Å². The quantitative estimate of drug-likeness (QED) is 0.313. The van der Waals surface area contributed by atoms with E-state index in [9.17, 15) is 28.3 Å². The van der Waals surface area contributed by atoms with Crippen molar-refractivity contribution in [1.82, 2.24) is 9.55 Å². The fraction of sp³-hybridized carbons (Fsp3) is 0.269. The Labute approximate surface area is 222 Å². The van der Waals surface area contributed by atoms with Crippen molar-refractivity contribution < 1.29 is 32.5 Å². The minimum absolute atomic E-state index is 0.00946. The Kier molecular flexibility index (Phi) is 6.85. The molecule has 0 unspecified atom stereocenters. The molecule has 0 amide bonds. The van der Waals surface area contributed by atoms with Gasteiger partial charge < -0.3 is 24.5 Å². The Balaban J connectivity index is 1.60. The van der Waals surface area contributed by atoms with Crippen LogP contribution in [0.5, 0.6) is 11.5 Å². The minimum atomic E-state index is -1.38. The topological polar surface area (TPSA) is 114 Å². The second kappa shape index (κ2) is 10.1. The summed E-state index contributed by atoms with van der Waals surface area (Å²) in [5, 5.41) is 10.5. The number of methoxy groups -OCH3 is 1. The fourth-order valence-corrected chi connectivity index (χ4v) is 5.08. The molecule has 0 aliphatic heterocycles. The van der Waals surface area contributed by atoms with Crippen molar-refractivity contribution in [1.29, 1.82) is 0 Å². The lowest BCUT2D eigenvalue weighted by Gasteiger charge is -2.24. The molecule has 2 heterocycles. The molecule has 1 aliphatic rings. The molecule has 0 saturated heterocycles. The first-order valence-electron chi connectivity index (χ1n) is 11.8. The molecule has 9 nitrogen and oxygen atoms in total. The first-order valence-corrected chi connectivity index (χ1v) is 12.7. The number of hydrogen-bond donors (Lipinski definition) is 2. The third kappa shape index (κ3) is 4.85. The predicted octanol–water partition coefficient (Wildman–Crippen LogP) is 4.29. The molecule has 1 aliphatic carbocycles. The molecule has 0 bridgehead atoms. The Morgan fingerprint density at radius 2 is 1.92 bits per heavy atom. The standard InChI is InChI=1S/C26H22F3N3O6S/c1-31(9-13-19(38-10-12-3-4-12)6-5-14(27)22(13)29)18-8-17(15(28)7-20(18)37-2)32-24(33)21-16(30-26(32)36)11-39-23(21)25(34)35/h5-8,11-12H,3-4,9-10H2,1-2H3,(H,30,36)(H,34,35). The van der Waals surface area contributed by atoms with Crippen LogP contribution in [-0.4, -0.2) is 41.4 Å². The van der Waals surface area contributed by atoms with Gasteiger partial charge in [-0.3, -0.25) is 4.79 Å². The van der Waals surface area contributed by atoms with Crippen LogP contribution in [0.4, 0.5) is 18.9 Å². The van der Waals surface area contributed by atoms with Gasteiger partial charge >= 0.3 is 11.7 Å². The Morgan fingerprint density at radius 1 is 1.18 bits per heavy atom. The van der Waals surface area contributed by atoms with Crippen molar-refractivity contribution in [3.05, 3.63) is 78.4 Å². The number of halogens is 3. The molecule has 1 saturated carbocycles. The van der Waals surface area contributed by atoms with Gasteiger partial charge in [-0.15, -0.1) is 11.3 Å². The number of nitrogens with zero attached hydrogens (tertiary/aromatic N) is 2. The van der Waals surface area contributed by atoms with Crippen LogP contribution in [0, 0.1) is 23.4 Å². The van der Waals surface area contributed by atoms with Gasteiger partial charge in [0, 0.05) is 25.0 Å². The molecule has 1 fully saturated rings. The lowest BCUT2D eigenvalue weighted by Crippen LogP contribution is -2.34. The maximum absolute atomic E-state index is 15.2. The zero-order valence-corrected chi connectivity index (χ0v) is 21.5. The predicted molar refractivity (Wildman–Crippen MR) is 138 cm³/mol. The van der Waals surface area contributed by atoms with Gasteiger partial charge in [0.1, 0.15) is 16.4 Å². The number of nitrogens with one attached hydrogen (secondary N) is 1. The number of anilines is 1. The summed E-state index contributed by atoms with van der Waals surface area (Å²) in [7, 11) is 2.78. The average molecular weight is 562 g/mol. The summed E-state index contributed by atoms with van der Waals surface area (Å²) in [5.74, 6) is -4.05. The third-order valence-electron chi connectivity index (χ3n) is 6.47. The Bertz CT molecular complexity index is 1730. The fourth-order valence-electron chi connectivity index (χ4n) is 4.25. The summed E-state index contributed by atoms with van der Waals surface area (Å²) in [4.78, 5) is 41.2. The largest absolute Gasteiger partial charge is 0.494 e. The van der Waals surface area contributed by atoms with Gasteiger partial charge in [0.15, 0.2) is 17.5 Å². The number of aromatic amines is 1. The first kappa shape index (κ1) is 26.4. The van der Waals surface area contributed by atoms with Gasteiger partial charge in [-0.2, -0.15) is 0 Å². The monoisotopic (exact) mass is 561 g/mol. The van der Waals surface area contributed by atoms with Gasteiger partial charge in [0.2, 0.25) is 0 Å². The number of aromatic carboxylic acids is 1. The second-order valence-corrected chi connectivity index (χ2v) is 10.0. The van der Waals surface area contributed by atoms with Crippen molar-refractivity contribution in [2.24, 2.45) is 5.92 Å². The average Bonchev–Trinajstić information content (AvgIpc) is 3.63. The van der Waals surface area contributed by atoms with Crippen LogP contribution < -0.4 is 25.6 Å². The van der Waals surface area contributed by atoms with E-state index in [0.717, 1.165) is 42.4 Å². The van der Waals surface area contributed by atoms with Gasteiger partial charge in [0.25, 0.3) is 5.56 Å². The highest BCUT2D eigenvalue weighted by Crippen LogP contribution is 2.36. The number of benzene rings is 2. The van der Waals surface area contributed by atoms with Gasteiger partial charge in [-0.25, -0.2) is 27.3 Å². The van der Waals surface area contributed by atoms with E-state index in [2.05, 4.69) is 4.98 Å². The summed E-state index contributed by atoms with van der Waals surface area (Å²) in [6, 6.07) is 4.40.